The topological polar surface area (TPSA) is 123 Å². The van der Waals surface area contributed by atoms with E-state index in [4.69, 9.17) is 10.5 Å². The van der Waals surface area contributed by atoms with Gasteiger partial charge in [-0.2, -0.15) is 0 Å². The van der Waals surface area contributed by atoms with Crippen LogP contribution in [-0.4, -0.2) is 32.5 Å². The van der Waals surface area contributed by atoms with Crippen LogP contribution >= 0.6 is 22.6 Å². The number of hydrogen-bond donors (Lipinski definition) is 3. The van der Waals surface area contributed by atoms with Gasteiger partial charge in [0.15, 0.2) is 0 Å². The number of carbonyl (C=O) groups excluding carboxylic acids is 1. The molecule has 0 spiro atoms. The Hall–Kier alpha value is -2.84. The molecule has 2 aromatic carbocycles. The summed E-state index contributed by atoms with van der Waals surface area (Å²) >= 11 is 1.95. The number of nitrogens with two attached hydrogens (primary N) is 1. The maximum absolute atomic E-state index is 14.2. The Morgan fingerprint density at radius 2 is 1.94 bits per heavy atom. The van der Waals surface area contributed by atoms with Gasteiger partial charge in [-0.15, -0.1) is 0 Å². The van der Waals surface area contributed by atoms with Gasteiger partial charge < -0.3 is 15.8 Å². The maximum atomic E-state index is 14.2. The lowest BCUT2D eigenvalue weighted by Gasteiger charge is -2.16. The summed E-state index contributed by atoms with van der Waals surface area (Å²) in [7, 11) is -3.58. The Labute approximate surface area is 209 Å². The molecule has 34 heavy (non-hydrogen) atoms. The molecular formula is C22H21F2IN4O4S. The Balaban J connectivity index is 1.64. The predicted molar refractivity (Wildman–Crippen MR) is 132 cm³/mol. The second kappa shape index (κ2) is 11.5. The molecule has 0 aliphatic heterocycles. The number of ether oxygens (including phenoxy) is 1. The number of hydrogen-bond acceptors (Lipinski definition) is 6. The van der Waals surface area contributed by atoms with Crippen LogP contribution in [0.4, 0.5) is 20.2 Å². The third-order valence-electron chi connectivity index (χ3n) is 4.49. The quantitative estimate of drug-likeness (QED) is 0.227. The number of aromatic nitrogens is 1. The lowest BCUT2D eigenvalue weighted by molar-refractivity contribution is 0.0997. The van der Waals surface area contributed by atoms with E-state index < -0.39 is 27.6 Å². The number of sulfonamides is 1. The van der Waals surface area contributed by atoms with E-state index in [1.165, 1.54) is 18.3 Å². The zero-order chi connectivity index (χ0) is 24.7. The van der Waals surface area contributed by atoms with Crippen LogP contribution < -0.4 is 20.5 Å². The molecular weight excluding hydrogens is 581 g/mol. The number of pyridine rings is 1. The maximum Gasteiger partial charge on any atom is 0.254 e. The first-order valence-electron chi connectivity index (χ1n) is 9.99. The molecule has 3 aromatic rings. The molecule has 180 valence electrons. The van der Waals surface area contributed by atoms with Crippen LogP contribution in [0.1, 0.15) is 22.3 Å². The summed E-state index contributed by atoms with van der Waals surface area (Å²) in [6, 6.07) is 9.66. The predicted octanol–water partition coefficient (Wildman–Crippen LogP) is 3.70. The monoisotopic (exact) mass is 602 g/mol. The van der Waals surface area contributed by atoms with Crippen LogP contribution in [0.15, 0.2) is 54.9 Å². The average molecular weight is 602 g/mol. The van der Waals surface area contributed by atoms with Gasteiger partial charge >= 0.3 is 0 Å². The highest BCUT2D eigenvalue weighted by atomic mass is 127. The fourth-order valence-electron chi connectivity index (χ4n) is 3.02. The Bertz CT molecular complexity index is 1280. The van der Waals surface area contributed by atoms with Crippen LogP contribution in [-0.2, 0) is 15.8 Å². The van der Waals surface area contributed by atoms with Gasteiger partial charge in [-0.05, 0) is 64.9 Å². The third kappa shape index (κ3) is 7.33. The van der Waals surface area contributed by atoms with E-state index in [1.807, 2.05) is 22.6 Å². The van der Waals surface area contributed by atoms with Crippen LogP contribution in [0.5, 0.6) is 5.75 Å². The molecule has 8 nitrogen and oxygen atoms in total. The summed E-state index contributed by atoms with van der Waals surface area (Å²) < 4.78 is 61.4. The first-order chi connectivity index (χ1) is 16.1. The molecule has 12 heteroatoms. The Kier molecular flexibility index (Phi) is 8.74. The fraction of sp³-hybridized carbons (Fsp3) is 0.182. The SMILES string of the molecule is NC(=O)c1c(Nc2ccc(I)cc2F)cc(F)cc1OCCCNS(=O)(=O)Cc1cccnc1. The molecule has 0 saturated carbocycles. The first-order valence-corrected chi connectivity index (χ1v) is 12.7. The molecule has 3 rings (SSSR count). The minimum Gasteiger partial charge on any atom is -0.493 e. The Morgan fingerprint density at radius 3 is 2.62 bits per heavy atom. The number of nitrogens with one attached hydrogen (secondary N) is 2. The normalized spacial score (nSPS) is 11.3. The number of primary amides is 1. The number of nitrogens with zero attached hydrogens (tertiary/aromatic N) is 1. The molecule has 1 heterocycles. The van der Waals surface area contributed by atoms with Crippen molar-refractivity contribution in [3.8, 4) is 5.75 Å². The minimum absolute atomic E-state index is 0.0301. The van der Waals surface area contributed by atoms with E-state index in [2.05, 4.69) is 15.0 Å². The van der Waals surface area contributed by atoms with Gasteiger partial charge in [0.25, 0.3) is 5.91 Å². The van der Waals surface area contributed by atoms with Crippen LogP contribution in [0.25, 0.3) is 0 Å². The van der Waals surface area contributed by atoms with Crippen molar-refractivity contribution in [3.63, 3.8) is 0 Å². The molecule has 0 atom stereocenters. The first kappa shape index (κ1) is 25.8. The molecule has 0 unspecified atom stereocenters. The summed E-state index contributed by atoms with van der Waals surface area (Å²) in [5, 5.41) is 2.68. The third-order valence-corrected chi connectivity index (χ3v) is 6.52. The van der Waals surface area contributed by atoms with Gasteiger partial charge in [0.2, 0.25) is 10.0 Å². The summed E-state index contributed by atoms with van der Waals surface area (Å²) in [4.78, 5) is 15.9. The highest BCUT2D eigenvalue weighted by Crippen LogP contribution is 2.31. The van der Waals surface area contributed by atoms with E-state index in [9.17, 15) is 22.0 Å². The van der Waals surface area contributed by atoms with Gasteiger partial charge in [-0.3, -0.25) is 9.78 Å². The number of rotatable bonds is 11. The zero-order valence-electron chi connectivity index (χ0n) is 17.7. The standard InChI is InChI=1S/C22H21F2IN4O4S/c23-15-9-19(29-18-5-4-16(25)11-17(18)24)21(22(26)30)20(10-15)33-8-2-7-28-34(31,32)13-14-3-1-6-27-12-14/h1,3-6,9-12,28-29H,2,7-8,13H2,(H2,26,30). The highest BCUT2D eigenvalue weighted by Gasteiger charge is 2.19. The fourth-order valence-corrected chi connectivity index (χ4v) is 4.64. The number of carbonyl (C=O) groups is 1. The van der Waals surface area contributed by atoms with Crippen molar-refractivity contribution >= 4 is 49.9 Å². The van der Waals surface area contributed by atoms with E-state index in [1.54, 1.807) is 24.4 Å². The lowest BCUT2D eigenvalue weighted by Crippen LogP contribution is -2.27. The molecule has 4 N–H and O–H groups in total. The molecule has 1 amide bonds. The molecule has 0 aliphatic rings. The Morgan fingerprint density at radius 1 is 1.15 bits per heavy atom. The summed E-state index contributed by atoms with van der Waals surface area (Å²) in [6.45, 7) is 0.0270. The second-order valence-corrected chi connectivity index (χ2v) is 10.2. The summed E-state index contributed by atoms with van der Waals surface area (Å²) in [5.74, 6) is -2.58. The van der Waals surface area contributed by atoms with Gasteiger partial charge in [0.05, 0.1) is 23.7 Å². The van der Waals surface area contributed by atoms with Crippen molar-refractivity contribution in [3.05, 3.63) is 81.2 Å². The lowest BCUT2D eigenvalue weighted by atomic mass is 10.1. The van der Waals surface area contributed by atoms with Crippen molar-refractivity contribution in [2.45, 2.75) is 12.2 Å². The number of anilines is 2. The average Bonchev–Trinajstić information content (AvgIpc) is 2.75. The minimum atomic E-state index is -3.58. The molecule has 0 bridgehead atoms. The van der Waals surface area contributed by atoms with Gasteiger partial charge in [0.1, 0.15) is 22.9 Å². The van der Waals surface area contributed by atoms with Crippen molar-refractivity contribution in [1.29, 1.82) is 0 Å². The number of amides is 1. The zero-order valence-corrected chi connectivity index (χ0v) is 20.7. The van der Waals surface area contributed by atoms with Crippen LogP contribution in [0.3, 0.4) is 0 Å². The largest absolute Gasteiger partial charge is 0.493 e. The molecule has 0 saturated heterocycles. The number of halogens is 3. The van der Waals surface area contributed by atoms with E-state index in [0.29, 0.717) is 9.13 Å². The molecule has 0 fully saturated rings. The second-order valence-electron chi connectivity index (χ2n) is 7.16. The molecule has 0 radical (unpaired) electrons. The summed E-state index contributed by atoms with van der Waals surface area (Å²) in [5.41, 5.74) is 5.83. The molecule has 0 aliphatic carbocycles. The van der Waals surface area contributed by atoms with Gasteiger partial charge in [-0.1, -0.05) is 6.07 Å². The van der Waals surface area contributed by atoms with Crippen molar-refractivity contribution in [2.24, 2.45) is 5.73 Å². The van der Waals surface area contributed by atoms with E-state index in [-0.39, 0.29) is 48.0 Å². The highest BCUT2D eigenvalue weighted by molar-refractivity contribution is 14.1. The van der Waals surface area contributed by atoms with Crippen LogP contribution in [0.2, 0.25) is 0 Å². The van der Waals surface area contributed by atoms with Crippen molar-refractivity contribution in [2.75, 3.05) is 18.5 Å². The van der Waals surface area contributed by atoms with Crippen molar-refractivity contribution in [1.82, 2.24) is 9.71 Å². The van der Waals surface area contributed by atoms with Gasteiger partial charge in [0, 0.05) is 28.6 Å². The van der Waals surface area contributed by atoms with E-state index in [0.717, 1.165) is 12.1 Å². The number of benzene rings is 2. The van der Waals surface area contributed by atoms with Gasteiger partial charge in [-0.25, -0.2) is 21.9 Å². The smallest absolute Gasteiger partial charge is 0.254 e. The van der Waals surface area contributed by atoms with Crippen LogP contribution in [0, 0.1) is 15.2 Å². The van der Waals surface area contributed by atoms with Crippen molar-refractivity contribution < 1.29 is 26.7 Å². The molecule has 1 aromatic heterocycles. The summed E-state index contributed by atoms with van der Waals surface area (Å²) in [6.07, 6.45) is 3.24. The van der Waals surface area contributed by atoms with E-state index >= 15 is 0 Å².